The van der Waals surface area contributed by atoms with Crippen molar-refractivity contribution in [1.29, 1.82) is 0 Å². The van der Waals surface area contributed by atoms with Crippen LogP contribution in [0.3, 0.4) is 0 Å². The van der Waals surface area contributed by atoms with Gasteiger partial charge in [-0.25, -0.2) is 0 Å². The van der Waals surface area contributed by atoms with E-state index in [9.17, 15) is 0 Å². The van der Waals surface area contributed by atoms with E-state index in [1.165, 1.54) is 12.8 Å². The number of hydrogen-bond acceptors (Lipinski definition) is 4. The van der Waals surface area contributed by atoms with Gasteiger partial charge in [-0.1, -0.05) is 6.92 Å². The van der Waals surface area contributed by atoms with Gasteiger partial charge in [-0.05, 0) is 39.2 Å². The Hall–Kier alpha value is -0.160. The fourth-order valence-corrected chi connectivity index (χ4v) is 1.61. The molecule has 0 radical (unpaired) electrons. The summed E-state index contributed by atoms with van der Waals surface area (Å²) in [7, 11) is 1.71. The molecule has 0 rings (SSSR count). The first-order valence-electron chi connectivity index (χ1n) is 7.19. The van der Waals surface area contributed by atoms with Crippen molar-refractivity contribution >= 4 is 0 Å². The van der Waals surface area contributed by atoms with Crippen molar-refractivity contribution < 1.29 is 14.2 Å². The van der Waals surface area contributed by atoms with Gasteiger partial charge < -0.3 is 19.5 Å². The molecule has 0 aliphatic heterocycles. The lowest BCUT2D eigenvalue weighted by atomic mass is 10.2. The molecule has 0 aliphatic carbocycles. The summed E-state index contributed by atoms with van der Waals surface area (Å²) in [5.74, 6) is 0. The Balaban J connectivity index is 3.02. The molecule has 1 atom stereocenters. The van der Waals surface area contributed by atoms with Crippen LogP contribution < -0.4 is 5.32 Å². The van der Waals surface area contributed by atoms with E-state index in [4.69, 9.17) is 14.2 Å². The summed E-state index contributed by atoms with van der Waals surface area (Å²) in [6.07, 6.45) is 4.44. The summed E-state index contributed by atoms with van der Waals surface area (Å²) < 4.78 is 15.8. The van der Waals surface area contributed by atoms with Crippen molar-refractivity contribution in [3.8, 4) is 0 Å². The Kier molecular flexibility index (Phi) is 14.8. The van der Waals surface area contributed by atoms with Crippen LogP contribution in [0.2, 0.25) is 0 Å². The molecule has 0 aromatic rings. The van der Waals surface area contributed by atoms with Gasteiger partial charge >= 0.3 is 0 Å². The molecule has 0 aromatic carbocycles. The summed E-state index contributed by atoms with van der Waals surface area (Å²) in [6, 6.07) is 0.596. The van der Waals surface area contributed by atoms with E-state index in [-0.39, 0.29) is 0 Å². The standard InChI is InChI=1S/C14H31NO3/c1-4-8-15-14(2)7-5-10-17-12-13-18-11-6-9-16-3/h14-15H,4-13H2,1-3H3. The molecule has 0 aromatic heterocycles. The molecule has 0 fully saturated rings. The van der Waals surface area contributed by atoms with E-state index in [1.54, 1.807) is 7.11 Å². The van der Waals surface area contributed by atoms with Crippen LogP contribution in [0.15, 0.2) is 0 Å². The van der Waals surface area contributed by atoms with Crippen molar-refractivity contribution in [1.82, 2.24) is 5.32 Å². The highest BCUT2D eigenvalue weighted by atomic mass is 16.5. The zero-order chi connectivity index (χ0) is 13.5. The first kappa shape index (κ1) is 17.8. The lowest BCUT2D eigenvalue weighted by Gasteiger charge is -2.12. The minimum Gasteiger partial charge on any atom is -0.385 e. The van der Waals surface area contributed by atoms with Crippen molar-refractivity contribution in [2.24, 2.45) is 0 Å². The van der Waals surface area contributed by atoms with Gasteiger partial charge in [0, 0.05) is 33.0 Å². The van der Waals surface area contributed by atoms with Crippen molar-refractivity contribution in [2.75, 3.05) is 46.7 Å². The summed E-state index contributed by atoms with van der Waals surface area (Å²) in [5, 5.41) is 3.47. The summed E-state index contributed by atoms with van der Waals surface area (Å²) in [6.45, 7) is 9.27. The number of methoxy groups -OCH3 is 1. The van der Waals surface area contributed by atoms with Crippen LogP contribution in [0.25, 0.3) is 0 Å². The fraction of sp³-hybridized carbons (Fsp3) is 1.00. The molecular weight excluding hydrogens is 230 g/mol. The molecule has 0 saturated carbocycles. The second-order valence-electron chi connectivity index (χ2n) is 4.57. The number of ether oxygens (including phenoxy) is 3. The monoisotopic (exact) mass is 261 g/mol. The van der Waals surface area contributed by atoms with E-state index in [2.05, 4.69) is 19.2 Å². The van der Waals surface area contributed by atoms with Crippen LogP contribution in [0.1, 0.15) is 39.5 Å². The molecule has 0 heterocycles. The maximum absolute atomic E-state index is 5.51. The zero-order valence-electron chi connectivity index (χ0n) is 12.4. The Morgan fingerprint density at radius 2 is 1.61 bits per heavy atom. The highest BCUT2D eigenvalue weighted by Crippen LogP contribution is 1.97. The Labute approximate surface area is 112 Å². The topological polar surface area (TPSA) is 39.7 Å². The molecule has 0 aliphatic rings. The minimum absolute atomic E-state index is 0.596. The smallest absolute Gasteiger partial charge is 0.0700 e. The third kappa shape index (κ3) is 13.9. The zero-order valence-corrected chi connectivity index (χ0v) is 12.4. The number of rotatable bonds is 14. The fourth-order valence-electron chi connectivity index (χ4n) is 1.61. The maximum Gasteiger partial charge on any atom is 0.0700 e. The number of hydrogen-bond donors (Lipinski definition) is 1. The third-order valence-electron chi connectivity index (χ3n) is 2.68. The van der Waals surface area contributed by atoms with Crippen LogP contribution >= 0.6 is 0 Å². The van der Waals surface area contributed by atoms with Crippen LogP contribution in [0.4, 0.5) is 0 Å². The lowest BCUT2D eigenvalue weighted by Crippen LogP contribution is -2.26. The Morgan fingerprint density at radius 1 is 0.944 bits per heavy atom. The van der Waals surface area contributed by atoms with E-state index < -0.39 is 0 Å². The average Bonchev–Trinajstić information content (AvgIpc) is 2.38. The van der Waals surface area contributed by atoms with E-state index in [0.717, 1.165) is 39.2 Å². The normalized spacial score (nSPS) is 12.8. The third-order valence-corrected chi connectivity index (χ3v) is 2.68. The van der Waals surface area contributed by atoms with Gasteiger partial charge in [-0.3, -0.25) is 0 Å². The molecule has 1 N–H and O–H groups in total. The Morgan fingerprint density at radius 3 is 2.22 bits per heavy atom. The first-order chi connectivity index (χ1) is 8.81. The van der Waals surface area contributed by atoms with Gasteiger partial charge in [0.15, 0.2) is 0 Å². The van der Waals surface area contributed by atoms with Crippen LogP contribution in [0.5, 0.6) is 0 Å². The minimum atomic E-state index is 0.596. The second kappa shape index (κ2) is 14.9. The van der Waals surface area contributed by atoms with Crippen molar-refractivity contribution in [2.45, 2.75) is 45.6 Å². The van der Waals surface area contributed by atoms with E-state index in [0.29, 0.717) is 19.3 Å². The van der Waals surface area contributed by atoms with Gasteiger partial charge in [0.05, 0.1) is 13.2 Å². The summed E-state index contributed by atoms with van der Waals surface area (Å²) >= 11 is 0. The summed E-state index contributed by atoms with van der Waals surface area (Å²) in [5.41, 5.74) is 0. The first-order valence-corrected chi connectivity index (χ1v) is 7.19. The lowest BCUT2D eigenvalue weighted by molar-refractivity contribution is 0.0383. The molecular formula is C14H31NO3. The molecule has 1 unspecified atom stereocenters. The van der Waals surface area contributed by atoms with Crippen LogP contribution in [-0.4, -0.2) is 52.7 Å². The quantitative estimate of drug-likeness (QED) is 0.487. The average molecular weight is 261 g/mol. The second-order valence-corrected chi connectivity index (χ2v) is 4.57. The molecule has 4 nitrogen and oxygen atoms in total. The highest BCUT2D eigenvalue weighted by Gasteiger charge is 1.99. The number of nitrogens with one attached hydrogen (secondary N) is 1. The molecule has 110 valence electrons. The van der Waals surface area contributed by atoms with E-state index in [1.807, 2.05) is 0 Å². The maximum atomic E-state index is 5.51. The predicted molar refractivity (Wildman–Crippen MR) is 75.1 cm³/mol. The Bertz CT molecular complexity index is 156. The van der Waals surface area contributed by atoms with Crippen molar-refractivity contribution in [3.05, 3.63) is 0 Å². The van der Waals surface area contributed by atoms with Crippen LogP contribution in [0, 0.1) is 0 Å². The molecule has 18 heavy (non-hydrogen) atoms. The summed E-state index contributed by atoms with van der Waals surface area (Å²) in [4.78, 5) is 0. The molecule has 0 saturated heterocycles. The highest BCUT2D eigenvalue weighted by molar-refractivity contribution is 4.59. The molecule has 0 bridgehead atoms. The van der Waals surface area contributed by atoms with Gasteiger partial charge in [0.25, 0.3) is 0 Å². The van der Waals surface area contributed by atoms with Gasteiger partial charge in [0.2, 0.25) is 0 Å². The SMILES string of the molecule is CCCNC(C)CCCOCCOCCCOC. The van der Waals surface area contributed by atoms with E-state index >= 15 is 0 Å². The van der Waals surface area contributed by atoms with Crippen molar-refractivity contribution in [3.63, 3.8) is 0 Å². The largest absolute Gasteiger partial charge is 0.385 e. The van der Waals surface area contributed by atoms with Crippen LogP contribution in [-0.2, 0) is 14.2 Å². The molecule has 0 amide bonds. The van der Waals surface area contributed by atoms with Gasteiger partial charge in [-0.15, -0.1) is 0 Å². The molecule has 4 heteroatoms. The van der Waals surface area contributed by atoms with Gasteiger partial charge in [-0.2, -0.15) is 0 Å². The van der Waals surface area contributed by atoms with Gasteiger partial charge in [0.1, 0.15) is 0 Å². The predicted octanol–water partition coefficient (Wildman–Crippen LogP) is 2.22. The molecule has 0 spiro atoms.